The predicted molar refractivity (Wildman–Crippen MR) is 57.4 cm³/mol. The van der Waals surface area contributed by atoms with E-state index in [-0.39, 0.29) is 17.9 Å². The summed E-state index contributed by atoms with van der Waals surface area (Å²) >= 11 is 0. The van der Waals surface area contributed by atoms with Crippen molar-refractivity contribution in [1.29, 1.82) is 0 Å². The number of imide groups is 1. The maximum Gasteiger partial charge on any atom is 0.243 e. The van der Waals surface area contributed by atoms with Crippen molar-refractivity contribution in [1.82, 2.24) is 15.1 Å². The van der Waals surface area contributed by atoms with Gasteiger partial charge in [0.05, 0.1) is 13.1 Å². The molecule has 5 heteroatoms. The molecule has 1 fully saturated rings. The number of carbonyl (C=O) groups is 2. The fraction of sp³-hybridized carbons (Fsp3) is 0.800. The van der Waals surface area contributed by atoms with Crippen LogP contribution in [0.4, 0.5) is 0 Å². The molecule has 0 bridgehead atoms. The summed E-state index contributed by atoms with van der Waals surface area (Å²) in [4.78, 5) is 26.5. The Morgan fingerprint density at radius 1 is 1.33 bits per heavy atom. The summed E-state index contributed by atoms with van der Waals surface area (Å²) in [5, 5.41) is 3.02. The largest absolute Gasteiger partial charge is 0.315 e. The van der Waals surface area contributed by atoms with Crippen LogP contribution in [0.2, 0.25) is 0 Å². The average molecular weight is 213 g/mol. The molecule has 0 saturated carbocycles. The first-order valence-corrected chi connectivity index (χ1v) is 5.31. The van der Waals surface area contributed by atoms with Crippen molar-refractivity contribution in [3.63, 3.8) is 0 Å². The number of likely N-dealkylation sites (N-methyl/N-ethyl adjacent to an activating group) is 2. The number of hydrogen-bond donors (Lipinski definition) is 1. The molecule has 1 unspecified atom stereocenters. The minimum Gasteiger partial charge on any atom is -0.315 e. The molecule has 1 atom stereocenters. The maximum absolute atomic E-state index is 11.7. The fourth-order valence-electron chi connectivity index (χ4n) is 1.54. The lowest BCUT2D eigenvalue weighted by atomic mass is 10.2. The molecule has 0 radical (unpaired) electrons. The number of nitrogens with one attached hydrogen (secondary N) is 1. The quantitative estimate of drug-likeness (QED) is 0.627. The topological polar surface area (TPSA) is 52.7 Å². The molecule has 1 aliphatic heterocycles. The molecule has 0 aromatic heterocycles. The van der Waals surface area contributed by atoms with Gasteiger partial charge in [-0.3, -0.25) is 19.4 Å². The lowest BCUT2D eigenvalue weighted by Crippen LogP contribution is -2.56. The molecule has 1 N–H and O–H groups in total. The first-order valence-electron chi connectivity index (χ1n) is 5.31. The van der Waals surface area contributed by atoms with Crippen LogP contribution in [0, 0.1) is 0 Å². The lowest BCUT2D eigenvalue weighted by molar-refractivity contribution is -0.151. The van der Waals surface area contributed by atoms with Crippen molar-refractivity contribution < 1.29 is 9.59 Å². The van der Waals surface area contributed by atoms with E-state index in [2.05, 4.69) is 5.32 Å². The van der Waals surface area contributed by atoms with Crippen LogP contribution in [0.1, 0.15) is 13.8 Å². The SMILES string of the molecule is CCN1CC(=O)N(CC(C)NC)C(=O)C1. The Bertz CT molecular complexity index is 237. The third-order valence-electron chi connectivity index (χ3n) is 2.72. The highest BCUT2D eigenvalue weighted by Gasteiger charge is 2.30. The second kappa shape index (κ2) is 5.23. The highest BCUT2D eigenvalue weighted by atomic mass is 16.2. The monoisotopic (exact) mass is 213 g/mol. The van der Waals surface area contributed by atoms with Crippen LogP contribution in [0.15, 0.2) is 0 Å². The summed E-state index contributed by atoms with van der Waals surface area (Å²) in [5.74, 6) is -0.176. The molecular weight excluding hydrogens is 194 g/mol. The minimum absolute atomic E-state index is 0.0878. The Kier molecular flexibility index (Phi) is 4.23. The van der Waals surface area contributed by atoms with Crippen molar-refractivity contribution in [3.8, 4) is 0 Å². The van der Waals surface area contributed by atoms with Crippen LogP contribution in [0.25, 0.3) is 0 Å². The van der Waals surface area contributed by atoms with Crippen LogP contribution in [0.3, 0.4) is 0 Å². The molecule has 86 valence electrons. The zero-order valence-corrected chi connectivity index (χ0v) is 9.62. The maximum atomic E-state index is 11.7. The summed E-state index contributed by atoms with van der Waals surface area (Å²) in [5.41, 5.74) is 0. The molecule has 0 spiro atoms. The summed E-state index contributed by atoms with van der Waals surface area (Å²) in [7, 11) is 1.82. The molecule has 1 rings (SSSR count). The Labute approximate surface area is 90.4 Å². The lowest BCUT2D eigenvalue weighted by Gasteiger charge is -2.33. The number of piperazine rings is 1. The minimum atomic E-state index is -0.0878. The van der Waals surface area contributed by atoms with E-state index in [0.717, 1.165) is 6.54 Å². The normalized spacial score (nSPS) is 20.9. The van der Waals surface area contributed by atoms with Crippen molar-refractivity contribution in [2.24, 2.45) is 0 Å². The Morgan fingerprint density at radius 2 is 1.87 bits per heavy atom. The summed E-state index contributed by atoms with van der Waals surface area (Å²) in [6.07, 6.45) is 0. The van der Waals surface area contributed by atoms with Gasteiger partial charge < -0.3 is 5.32 Å². The fourth-order valence-corrected chi connectivity index (χ4v) is 1.54. The van der Waals surface area contributed by atoms with Crippen LogP contribution >= 0.6 is 0 Å². The van der Waals surface area contributed by atoms with Crippen LogP contribution in [0.5, 0.6) is 0 Å². The van der Waals surface area contributed by atoms with E-state index in [4.69, 9.17) is 0 Å². The molecule has 2 amide bonds. The number of amides is 2. The molecule has 0 aromatic rings. The van der Waals surface area contributed by atoms with E-state index >= 15 is 0 Å². The first-order chi connectivity index (χ1) is 7.08. The van der Waals surface area contributed by atoms with Gasteiger partial charge in [-0.1, -0.05) is 6.92 Å². The molecule has 0 aromatic carbocycles. The van der Waals surface area contributed by atoms with Crippen molar-refractivity contribution in [3.05, 3.63) is 0 Å². The molecular formula is C10H19N3O2. The van der Waals surface area contributed by atoms with Crippen molar-refractivity contribution >= 4 is 11.8 Å². The van der Waals surface area contributed by atoms with Crippen molar-refractivity contribution in [2.75, 3.05) is 33.2 Å². The van der Waals surface area contributed by atoms with E-state index in [1.165, 1.54) is 4.90 Å². The third kappa shape index (κ3) is 3.00. The Hall–Kier alpha value is -0.940. The van der Waals surface area contributed by atoms with Gasteiger partial charge in [-0.25, -0.2) is 0 Å². The van der Waals surface area contributed by atoms with Crippen LogP contribution in [-0.4, -0.2) is 60.9 Å². The van der Waals surface area contributed by atoms with E-state index in [9.17, 15) is 9.59 Å². The highest BCUT2D eigenvalue weighted by Crippen LogP contribution is 2.05. The standard InChI is InChI=1S/C10H19N3O2/c1-4-12-6-9(14)13(10(15)7-12)5-8(2)11-3/h8,11H,4-7H2,1-3H3. The van der Waals surface area contributed by atoms with E-state index < -0.39 is 0 Å². The molecule has 1 saturated heterocycles. The van der Waals surface area contributed by atoms with Gasteiger partial charge in [0.25, 0.3) is 0 Å². The van der Waals surface area contributed by atoms with E-state index in [1.807, 2.05) is 25.8 Å². The van der Waals surface area contributed by atoms with E-state index in [0.29, 0.717) is 19.6 Å². The highest BCUT2D eigenvalue weighted by molar-refractivity contribution is 5.99. The smallest absolute Gasteiger partial charge is 0.243 e. The second-order valence-electron chi connectivity index (χ2n) is 3.89. The van der Waals surface area contributed by atoms with Crippen molar-refractivity contribution in [2.45, 2.75) is 19.9 Å². The molecule has 0 aliphatic carbocycles. The van der Waals surface area contributed by atoms with Gasteiger partial charge in [0.2, 0.25) is 11.8 Å². The summed E-state index contributed by atoms with van der Waals surface area (Å²) in [6, 6.07) is 0.145. The number of rotatable bonds is 4. The summed E-state index contributed by atoms with van der Waals surface area (Å²) < 4.78 is 0. The van der Waals surface area contributed by atoms with E-state index in [1.54, 1.807) is 0 Å². The predicted octanol–water partition coefficient (Wildman–Crippen LogP) is -0.715. The Balaban J connectivity index is 2.58. The molecule has 15 heavy (non-hydrogen) atoms. The van der Waals surface area contributed by atoms with Crippen LogP contribution in [-0.2, 0) is 9.59 Å². The second-order valence-corrected chi connectivity index (χ2v) is 3.89. The van der Waals surface area contributed by atoms with Gasteiger partial charge in [0.1, 0.15) is 0 Å². The first kappa shape index (κ1) is 12.1. The van der Waals surface area contributed by atoms with Gasteiger partial charge in [-0.2, -0.15) is 0 Å². The molecule has 5 nitrogen and oxygen atoms in total. The van der Waals surface area contributed by atoms with Gasteiger partial charge in [0, 0.05) is 12.6 Å². The zero-order chi connectivity index (χ0) is 11.4. The van der Waals surface area contributed by atoms with Gasteiger partial charge in [-0.05, 0) is 20.5 Å². The number of nitrogens with zero attached hydrogens (tertiary/aromatic N) is 2. The van der Waals surface area contributed by atoms with Gasteiger partial charge in [-0.15, -0.1) is 0 Å². The Morgan fingerprint density at radius 3 is 2.27 bits per heavy atom. The van der Waals surface area contributed by atoms with Crippen LogP contribution < -0.4 is 5.32 Å². The van der Waals surface area contributed by atoms with Gasteiger partial charge in [0.15, 0.2) is 0 Å². The number of hydrogen-bond acceptors (Lipinski definition) is 4. The number of carbonyl (C=O) groups excluding carboxylic acids is 2. The molecule has 1 aliphatic rings. The van der Waals surface area contributed by atoms with Gasteiger partial charge >= 0.3 is 0 Å². The summed E-state index contributed by atoms with van der Waals surface area (Å²) in [6.45, 7) is 5.83. The third-order valence-corrected chi connectivity index (χ3v) is 2.72. The zero-order valence-electron chi connectivity index (χ0n) is 9.62. The average Bonchev–Trinajstić information content (AvgIpc) is 2.22. The molecule has 1 heterocycles.